The molecule has 3 aromatic rings. The Morgan fingerprint density at radius 2 is 2.00 bits per heavy atom. The molecule has 2 heterocycles. The van der Waals surface area contributed by atoms with Gasteiger partial charge in [-0.1, -0.05) is 24.3 Å². The molecule has 3 rings (SSSR count). The zero-order valence-corrected chi connectivity index (χ0v) is 11.4. The van der Waals surface area contributed by atoms with Crippen molar-refractivity contribution >= 4 is 22.6 Å². The second kappa shape index (κ2) is 4.81. The molecule has 4 heteroatoms. The van der Waals surface area contributed by atoms with E-state index in [4.69, 9.17) is 0 Å². The molecule has 0 fully saturated rings. The number of amides is 1. The SMILES string of the molecule is Cc1ccc(NC(=O)c2cc3ccccc3n2C)nc1. The molecule has 0 saturated heterocycles. The molecule has 1 aromatic carbocycles. The summed E-state index contributed by atoms with van der Waals surface area (Å²) in [6, 6.07) is 13.5. The summed E-state index contributed by atoms with van der Waals surface area (Å²) in [4.78, 5) is 16.5. The van der Waals surface area contributed by atoms with Crippen molar-refractivity contribution in [1.82, 2.24) is 9.55 Å². The van der Waals surface area contributed by atoms with Gasteiger partial charge in [-0.25, -0.2) is 4.98 Å². The first kappa shape index (κ1) is 12.4. The second-order valence-electron chi connectivity index (χ2n) is 4.82. The molecule has 20 heavy (non-hydrogen) atoms. The Kier molecular flexibility index (Phi) is 2.99. The summed E-state index contributed by atoms with van der Waals surface area (Å²) in [5.41, 5.74) is 2.72. The number of anilines is 1. The third-order valence-electron chi connectivity index (χ3n) is 3.34. The fraction of sp³-hybridized carbons (Fsp3) is 0.125. The molecular weight excluding hydrogens is 250 g/mol. The third kappa shape index (κ3) is 2.16. The Balaban J connectivity index is 1.92. The van der Waals surface area contributed by atoms with Crippen LogP contribution in [0.4, 0.5) is 5.82 Å². The predicted octanol–water partition coefficient (Wildman–Crippen LogP) is 3.13. The van der Waals surface area contributed by atoms with Crippen LogP contribution in [0.5, 0.6) is 0 Å². The molecule has 4 nitrogen and oxygen atoms in total. The molecule has 1 amide bonds. The van der Waals surface area contributed by atoms with Crippen LogP contribution in [-0.2, 0) is 7.05 Å². The maximum Gasteiger partial charge on any atom is 0.273 e. The summed E-state index contributed by atoms with van der Waals surface area (Å²) in [5.74, 6) is 0.408. The first-order chi connectivity index (χ1) is 9.65. The van der Waals surface area contributed by atoms with E-state index in [0.717, 1.165) is 16.5 Å². The number of aromatic nitrogens is 2. The maximum absolute atomic E-state index is 12.3. The summed E-state index contributed by atoms with van der Waals surface area (Å²) in [7, 11) is 1.89. The molecule has 0 bridgehead atoms. The minimum atomic E-state index is -0.153. The number of hydrogen-bond acceptors (Lipinski definition) is 2. The Hall–Kier alpha value is -2.62. The van der Waals surface area contributed by atoms with Gasteiger partial charge >= 0.3 is 0 Å². The molecule has 100 valence electrons. The van der Waals surface area contributed by atoms with Crippen LogP contribution in [0.2, 0.25) is 0 Å². The highest BCUT2D eigenvalue weighted by molar-refractivity contribution is 6.05. The number of nitrogens with zero attached hydrogens (tertiary/aromatic N) is 2. The molecular formula is C16H15N3O. The number of hydrogen-bond donors (Lipinski definition) is 1. The lowest BCUT2D eigenvalue weighted by atomic mass is 10.2. The molecule has 0 spiro atoms. The topological polar surface area (TPSA) is 46.9 Å². The van der Waals surface area contributed by atoms with Gasteiger partial charge in [0.25, 0.3) is 5.91 Å². The Labute approximate surface area is 117 Å². The van der Waals surface area contributed by atoms with Crippen molar-refractivity contribution in [3.05, 3.63) is 59.9 Å². The number of nitrogens with one attached hydrogen (secondary N) is 1. The van der Waals surface area contributed by atoms with Crippen molar-refractivity contribution in [2.45, 2.75) is 6.92 Å². The summed E-state index contributed by atoms with van der Waals surface area (Å²) in [6.45, 7) is 1.96. The van der Waals surface area contributed by atoms with Crippen LogP contribution in [0.3, 0.4) is 0 Å². The summed E-state index contributed by atoms with van der Waals surface area (Å²) >= 11 is 0. The fourth-order valence-electron chi connectivity index (χ4n) is 2.23. The average molecular weight is 265 g/mol. The number of pyridine rings is 1. The molecule has 0 aliphatic carbocycles. The number of rotatable bonds is 2. The summed E-state index contributed by atoms with van der Waals surface area (Å²) in [5, 5.41) is 3.87. The Morgan fingerprint density at radius 1 is 1.20 bits per heavy atom. The van der Waals surface area contributed by atoms with Crippen LogP contribution in [0.25, 0.3) is 10.9 Å². The zero-order chi connectivity index (χ0) is 14.1. The normalized spacial score (nSPS) is 10.7. The van der Waals surface area contributed by atoms with E-state index >= 15 is 0 Å². The number of aryl methyl sites for hydroxylation is 2. The van der Waals surface area contributed by atoms with Gasteiger partial charge in [0, 0.05) is 24.1 Å². The highest BCUT2D eigenvalue weighted by Gasteiger charge is 2.13. The van der Waals surface area contributed by atoms with E-state index in [9.17, 15) is 4.79 Å². The van der Waals surface area contributed by atoms with Crippen molar-refractivity contribution in [3.8, 4) is 0 Å². The highest BCUT2D eigenvalue weighted by atomic mass is 16.2. The largest absolute Gasteiger partial charge is 0.340 e. The highest BCUT2D eigenvalue weighted by Crippen LogP contribution is 2.19. The van der Waals surface area contributed by atoms with E-state index in [2.05, 4.69) is 10.3 Å². The van der Waals surface area contributed by atoms with Crippen LogP contribution in [0.15, 0.2) is 48.7 Å². The number of carbonyl (C=O) groups is 1. The summed E-state index contributed by atoms with van der Waals surface area (Å²) < 4.78 is 1.89. The van der Waals surface area contributed by atoms with Gasteiger partial charge in [-0.05, 0) is 30.7 Å². The molecule has 0 aliphatic heterocycles. The molecule has 0 unspecified atom stereocenters. The molecule has 0 aliphatic rings. The van der Waals surface area contributed by atoms with Gasteiger partial charge in [0.15, 0.2) is 0 Å². The van der Waals surface area contributed by atoms with Crippen molar-refractivity contribution in [1.29, 1.82) is 0 Å². The van der Waals surface area contributed by atoms with E-state index in [1.165, 1.54) is 0 Å². The van der Waals surface area contributed by atoms with Gasteiger partial charge in [0.1, 0.15) is 11.5 Å². The van der Waals surface area contributed by atoms with E-state index in [0.29, 0.717) is 11.5 Å². The number of fused-ring (bicyclic) bond motifs is 1. The number of carbonyl (C=O) groups excluding carboxylic acids is 1. The van der Waals surface area contributed by atoms with E-state index < -0.39 is 0 Å². The molecule has 0 saturated carbocycles. The van der Waals surface area contributed by atoms with Gasteiger partial charge in [0.2, 0.25) is 0 Å². The van der Waals surface area contributed by atoms with Crippen LogP contribution < -0.4 is 5.32 Å². The van der Waals surface area contributed by atoms with Crippen molar-refractivity contribution < 1.29 is 4.79 Å². The minimum Gasteiger partial charge on any atom is -0.340 e. The van der Waals surface area contributed by atoms with Crippen LogP contribution in [-0.4, -0.2) is 15.5 Å². The summed E-state index contributed by atoms with van der Waals surface area (Å²) in [6.07, 6.45) is 1.73. The first-order valence-corrected chi connectivity index (χ1v) is 6.43. The van der Waals surface area contributed by atoms with Gasteiger partial charge in [-0.3, -0.25) is 4.79 Å². The van der Waals surface area contributed by atoms with Crippen molar-refractivity contribution in [3.63, 3.8) is 0 Å². The zero-order valence-electron chi connectivity index (χ0n) is 11.4. The smallest absolute Gasteiger partial charge is 0.273 e. The van der Waals surface area contributed by atoms with E-state index in [1.54, 1.807) is 12.3 Å². The van der Waals surface area contributed by atoms with Crippen LogP contribution >= 0.6 is 0 Å². The van der Waals surface area contributed by atoms with Gasteiger partial charge in [-0.15, -0.1) is 0 Å². The lowest BCUT2D eigenvalue weighted by Gasteiger charge is -2.06. The Bertz CT molecular complexity index is 772. The number of para-hydroxylation sites is 1. The monoisotopic (exact) mass is 265 g/mol. The lowest BCUT2D eigenvalue weighted by molar-refractivity contribution is 0.101. The minimum absolute atomic E-state index is 0.153. The third-order valence-corrected chi connectivity index (χ3v) is 3.34. The van der Waals surface area contributed by atoms with Crippen LogP contribution in [0.1, 0.15) is 16.1 Å². The standard InChI is InChI=1S/C16H15N3O/c1-11-7-8-15(17-10-11)18-16(20)14-9-12-5-3-4-6-13(12)19(14)2/h3-10H,1-2H3,(H,17,18,20). The Morgan fingerprint density at radius 3 is 2.70 bits per heavy atom. The average Bonchev–Trinajstić information content (AvgIpc) is 2.79. The molecule has 2 aromatic heterocycles. The second-order valence-corrected chi connectivity index (χ2v) is 4.82. The number of benzene rings is 1. The quantitative estimate of drug-likeness (QED) is 0.773. The maximum atomic E-state index is 12.3. The van der Waals surface area contributed by atoms with Crippen LogP contribution in [0, 0.1) is 6.92 Å². The van der Waals surface area contributed by atoms with E-state index in [1.807, 2.05) is 54.9 Å². The first-order valence-electron chi connectivity index (χ1n) is 6.43. The van der Waals surface area contributed by atoms with Gasteiger partial charge in [0.05, 0.1) is 0 Å². The van der Waals surface area contributed by atoms with Gasteiger partial charge < -0.3 is 9.88 Å². The molecule has 1 N–H and O–H groups in total. The van der Waals surface area contributed by atoms with Gasteiger partial charge in [-0.2, -0.15) is 0 Å². The van der Waals surface area contributed by atoms with Crippen molar-refractivity contribution in [2.75, 3.05) is 5.32 Å². The van der Waals surface area contributed by atoms with E-state index in [-0.39, 0.29) is 5.91 Å². The lowest BCUT2D eigenvalue weighted by Crippen LogP contribution is -2.16. The fourth-order valence-corrected chi connectivity index (χ4v) is 2.23. The molecule has 0 radical (unpaired) electrons. The molecule has 0 atom stereocenters. The predicted molar refractivity (Wildman–Crippen MR) is 79.8 cm³/mol. The van der Waals surface area contributed by atoms with Crippen molar-refractivity contribution in [2.24, 2.45) is 7.05 Å².